The number of methoxy groups -OCH3 is 2. The summed E-state index contributed by atoms with van der Waals surface area (Å²) in [5, 5.41) is 71.2. The molecule has 0 aromatic heterocycles. The summed E-state index contributed by atoms with van der Waals surface area (Å²) in [6.07, 6.45) is -7.80. The van der Waals surface area contributed by atoms with Crippen molar-refractivity contribution in [3.05, 3.63) is 47.5 Å². The van der Waals surface area contributed by atoms with E-state index < -0.39 is 54.9 Å². The molecule has 210 valence electrons. The van der Waals surface area contributed by atoms with Gasteiger partial charge in [-0.15, -0.1) is 0 Å². The van der Waals surface area contributed by atoms with E-state index in [1.54, 1.807) is 24.3 Å². The predicted molar refractivity (Wildman–Crippen MR) is 130 cm³/mol. The Kier molecular flexibility index (Phi) is 8.65. The Balaban J connectivity index is 1.53. The van der Waals surface area contributed by atoms with E-state index in [1.165, 1.54) is 26.4 Å². The standard InChI is InChI=1S/C26H34O12/c1-34-18-7-13(3-5-16(18)29)9-26(33)12-36-24(15(26)10-27)14-4-6-17(19(8-14)35-2)37-25-23(32)22(31)21(30)20(11-28)38-25/h3-8,15,20-25,27-33H,9-12H2,1-2H3/t15-,20+,21+,22+,23-,24-,25-,26-/m1/s1. The molecule has 0 spiro atoms. The number of hydrogen-bond donors (Lipinski definition) is 7. The van der Waals surface area contributed by atoms with Crippen LogP contribution >= 0.6 is 0 Å². The fourth-order valence-corrected chi connectivity index (χ4v) is 4.95. The molecule has 2 saturated heterocycles. The summed E-state index contributed by atoms with van der Waals surface area (Å²) in [7, 11) is 2.82. The minimum absolute atomic E-state index is 0.0272. The molecule has 7 N–H and O–H groups in total. The molecule has 0 bridgehead atoms. The van der Waals surface area contributed by atoms with Crippen LogP contribution in [0.3, 0.4) is 0 Å². The van der Waals surface area contributed by atoms with Crippen LogP contribution in [0.1, 0.15) is 17.2 Å². The van der Waals surface area contributed by atoms with E-state index in [4.69, 9.17) is 23.7 Å². The van der Waals surface area contributed by atoms with Gasteiger partial charge in [-0.25, -0.2) is 0 Å². The summed E-state index contributed by atoms with van der Waals surface area (Å²) in [6.45, 7) is -1.03. The lowest BCUT2D eigenvalue weighted by molar-refractivity contribution is -0.277. The molecule has 2 aliphatic rings. The molecule has 2 aromatic rings. The monoisotopic (exact) mass is 538 g/mol. The van der Waals surface area contributed by atoms with E-state index >= 15 is 0 Å². The minimum atomic E-state index is -1.60. The topological polar surface area (TPSA) is 188 Å². The molecule has 0 aliphatic carbocycles. The molecule has 0 amide bonds. The van der Waals surface area contributed by atoms with Crippen molar-refractivity contribution in [2.75, 3.05) is 34.0 Å². The Hall–Kier alpha value is -2.68. The molecule has 12 nitrogen and oxygen atoms in total. The summed E-state index contributed by atoms with van der Waals surface area (Å²) in [4.78, 5) is 0. The van der Waals surface area contributed by atoms with E-state index in [2.05, 4.69) is 0 Å². The van der Waals surface area contributed by atoms with Crippen LogP contribution in [0.15, 0.2) is 36.4 Å². The number of aromatic hydroxyl groups is 1. The maximum absolute atomic E-state index is 11.4. The van der Waals surface area contributed by atoms with Crippen LogP contribution in [0, 0.1) is 5.92 Å². The molecule has 2 aromatic carbocycles. The maximum atomic E-state index is 11.4. The molecular formula is C26H34O12. The van der Waals surface area contributed by atoms with Gasteiger partial charge >= 0.3 is 0 Å². The molecule has 2 aliphatic heterocycles. The summed E-state index contributed by atoms with van der Waals surface area (Å²) >= 11 is 0. The lowest BCUT2D eigenvalue weighted by atomic mass is 9.80. The zero-order chi connectivity index (χ0) is 27.6. The predicted octanol–water partition coefficient (Wildman–Crippen LogP) is -0.758. The van der Waals surface area contributed by atoms with Crippen molar-refractivity contribution in [1.29, 1.82) is 0 Å². The van der Waals surface area contributed by atoms with E-state index in [9.17, 15) is 35.7 Å². The van der Waals surface area contributed by atoms with Crippen LogP contribution < -0.4 is 14.2 Å². The van der Waals surface area contributed by atoms with Gasteiger partial charge in [-0.2, -0.15) is 0 Å². The van der Waals surface area contributed by atoms with Gasteiger partial charge in [0.15, 0.2) is 23.0 Å². The minimum Gasteiger partial charge on any atom is -0.504 e. The zero-order valence-corrected chi connectivity index (χ0v) is 21.0. The molecular weight excluding hydrogens is 504 g/mol. The van der Waals surface area contributed by atoms with E-state index in [-0.39, 0.29) is 42.6 Å². The van der Waals surface area contributed by atoms with Gasteiger partial charge < -0.3 is 59.4 Å². The second-order valence-corrected chi connectivity index (χ2v) is 9.53. The third-order valence-electron chi connectivity index (χ3n) is 7.13. The second-order valence-electron chi connectivity index (χ2n) is 9.53. The number of rotatable bonds is 9. The average Bonchev–Trinajstić information content (AvgIpc) is 3.25. The fraction of sp³-hybridized carbons (Fsp3) is 0.538. The van der Waals surface area contributed by atoms with Crippen molar-refractivity contribution in [2.45, 2.75) is 48.8 Å². The Bertz CT molecular complexity index is 1090. The average molecular weight is 539 g/mol. The molecule has 12 heteroatoms. The van der Waals surface area contributed by atoms with E-state index in [1.807, 2.05) is 0 Å². The highest BCUT2D eigenvalue weighted by Crippen LogP contribution is 2.45. The van der Waals surface area contributed by atoms with Gasteiger partial charge in [-0.05, 0) is 35.4 Å². The highest BCUT2D eigenvalue weighted by atomic mass is 16.7. The Labute approximate surface area is 219 Å². The fourth-order valence-electron chi connectivity index (χ4n) is 4.95. The molecule has 0 radical (unpaired) electrons. The van der Waals surface area contributed by atoms with Gasteiger partial charge in [-0.3, -0.25) is 0 Å². The van der Waals surface area contributed by atoms with Gasteiger partial charge in [0.2, 0.25) is 6.29 Å². The van der Waals surface area contributed by atoms with E-state index in [0.29, 0.717) is 11.1 Å². The Morgan fingerprint density at radius 3 is 2.29 bits per heavy atom. The van der Waals surface area contributed by atoms with Gasteiger partial charge in [-0.1, -0.05) is 12.1 Å². The number of aliphatic hydroxyl groups is 6. The highest BCUT2D eigenvalue weighted by molar-refractivity contribution is 5.45. The third-order valence-corrected chi connectivity index (χ3v) is 7.13. The molecule has 0 saturated carbocycles. The van der Waals surface area contributed by atoms with Crippen LogP contribution in [-0.4, -0.2) is 106 Å². The normalized spacial score (nSPS) is 33.2. The van der Waals surface area contributed by atoms with Gasteiger partial charge in [0.25, 0.3) is 0 Å². The number of ether oxygens (including phenoxy) is 5. The number of benzene rings is 2. The van der Waals surface area contributed by atoms with Crippen LogP contribution in [0.4, 0.5) is 0 Å². The van der Waals surface area contributed by atoms with Gasteiger partial charge in [0.1, 0.15) is 24.4 Å². The number of hydrogen-bond acceptors (Lipinski definition) is 12. The third kappa shape index (κ3) is 5.40. The van der Waals surface area contributed by atoms with Crippen molar-refractivity contribution in [1.82, 2.24) is 0 Å². The summed E-state index contributed by atoms with van der Waals surface area (Å²) in [5.74, 6) is -0.101. The first kappa shape index (κ1) is 28.3. The Morgan fingerprint density at radius 1 is 0.895 bits per heavy atom. The molecule has 0 unspecified atom stereocenters. The van der Waals surface area contributed by atoms with Crippen LogP contribution in [0.2, 0.25) is 0 Å². The number of aliphatic hydroxyl groups excluding tert-OH is 5. The number of phenols is 1. The maximum Gasteiger partial charge on any atom is 0.229 e. The smallest absolute Gasteiger partial charge is 0.229 e. The van der Waals surface area contributed by atoms with Crippen molar-refractivity contribution in [3.63, 3.8) is 0 Å². The van der Waals surface area contributed by atoms with Crippen LogP contribution in [0.5, 0.6) is 23.0 Å². The van der Waals surface area contributed by atoms with Crippen molar-refractivity contribution in [3.8, 4) is 23.0 Å². The van der Waals surface area contributed by atoms with Crippen molar-refractivity contribution < 1.29 is 59.4 Å². The molecule has 2 fully saturated rings. The van der Waals surface area contributed by atoms with Crippen molar-refractivity contribution in [2.24, 2.45) is 5.92 Å². The first-order valence-corrected chi connectivity index (χ1v) is 12.1. The van der Waals surface area contributed by atoms with E-state index in [0.717, 1.165) is 0 Å². The Morgan fingerprint density at radius 2 is 1.63 bits per heavy atom. The highest BCUT2D eigenvalue weighted by Gasteiger charge is 2.49. The van der Waals surface area contributed by atoms with Crippen LogP contribution in [0.25, 0.3) is 0 Å². The van der Waals surface area contributed by atoms with Gasteiger partial charge in [0.05, 0.1) is 45.7 Å². The second kappa shape index (κ2) is 11.6. The molecule has 38 heavy (non-hydrogen) atoms. The largest absolute Gasteiger partial charge is 0.504 e. The zero-order valence-electron chi connectivity index (χ0n) is 21.0. The number of phenolic OH excluding ortho intramolecular Hbond substituents is 1. The first-order valence-electron chi connectivity index (χ1n) is 12.1. The SMILES string of the molecule is COc1cc(C[C@@]2(O)CO[C@H](c3ccc(O[C@@H]4O[C@@H](CO)[C@H](O)[C@H](O)[C@H]4O)c(OC)c3)[C@H]2CO)ccc1O. The molecule has 2 heterocycles. The summed E-state index contributed by atoms with van der Waals surface area (Å²) < 4.78 is 27.6. The quantitative estimate of drug-likeness (QED) is 0.212. The molecule has 8 atom stereocenters. The van der Waals surface area contributed by atoms with Crippen LogP contribution in [-0.2, 0) is 15.9 Å². The van der Waals surface area contributed by atoms with Gasteiger partial charge in [0, 0.05) is 12.3 Å². The van der Waals surface area contributed by atoms with Crippen molar-refractivity contribution >= 4 is 0 Å². The summed E-state index contributed by atoms with van der Waals surface area (Å²) in [5.41, 5.74) is -0.146. The molecule has 4 rings (SSSR count). The first-order chi connectivity index (χ1) is 18.1. The summed E-state index contributed by atoms with van der Waals surface area (Å²) in [6, 6.07) is 9.51. The lowest BCUT2D eigenvalue weighted by Crippen LogP contribution is -2.60. The lowest BCUT2D eigenvalue weighted by Gasteiger charge is -2.39.